The van der Waals surface area contributed by atoms with Crippen molar-refractivity contribution in [1.82, 2.24) is 19.7 Å². The Labute approximate surface area is 182 Å². The maximum absolute atomic E-state index is 13.2. The minimum atomic E-state index is -3.03. The molecule has 1 aliphatic heterocycles. The molecule has 0 unspecified atom stereocenters. The van der Waals surface area contributed by atoms with Crippen LogP contribution in [0.1, 0.15) is 43.5 Å². The van der Waals surface area contributed by atoms with Gasteiger partial charge in [0, 0.05) is 25.6 Å². The SMILES string of the molecule is Cn1c(Cc2ccccc2)nnc1SCC(=O)N(C1CCCC1)[C@@H]1CCS(=O)(=O)C1. The molecule has 1 saturated heterocycles. The van der Waals surface area contributed by atoms with Crippen LogP contribution in [0, 0.1) is 0 Å². The van der Waals surface area contributed by atoms with Crippen molar-refractivity contribution in [3.05, 3.63) is 41.7 Å². The lowest BCUT2D eigenvalue weighted by Gasteiger charge is -2.34. The van der Waals surface area contributed by atoms with E-state index in [4.69, 9.17) is 0 Å². The normalized spacial score (nSPS) is 21.2. The standard InChI is InChI=1S/C21H28N4O3S2/c1-24-19(13-16-7-3-2-4-8-16)22-23-21(24)29-14-20(26)25(17-9-5-6-10-17)18-11-12-30(27,28)15-18/h2-4,7-8,17-18H,5-6,9-15H2,1H3/t18-/m1/s1. The third kappa shape index (κ3) is 4.88. The summed E-state index contributed by atoms with van der Waals surface area (Å²) in [5.74, 6) is 1.41. The van der Waals surface area contributed by atoms with Gasteiger partial charge in [0.05, 0.1) is 17.3 Å². The van der Waals surface area contributed by atoms with E-state index in [9.17, 15) is 13.2 Å². The van der Waals surface area contributed by atoms with Gasteiger partial charge >= 0.3 is 0 Å². The first-order chi connectivity index (χ1) is 14.4. The Morgan fingerprint density at radius 2 is 1.87 bits per heavy atom. The van der Waals surface area contributed by atoms with Crippen LogP contribution >= 0.6 is 11.8 Å². The fourth-order valence-electron chi connectivity index (χ4n) is 4.49. The molecule has 0 N–H and O–H groups in total. The van der Waals surface area contributed by atoms with E-state index in [0.29, 0.717) is 18.0 Å². The van der Waals surface area contributed by atoms with E-state index >= 15 is 0 Å². The summed E-state index contributed by atoms with van der Waals surface area (Å²) in [6.07, 6.45) is 5.39. The number of hydrogen-bond donors (Lipinski definition) is 0. The van der Waals surface area contributed by atoms with Crippen molar-refractivity contribution in [3.63, 3.8) is 0 Å². The van der Waals surface area contributed by atoms with Gasteiger partial charge in [-0.05, 0) is 24.8 Å². The summed E-state index contributed by atoms with van der Waals surface area (Å²) in [7, 11) is -1.11. The molecule has 2 fully saturated rings. The van der Waals surface area contributed by atoms with Gasteiger partial charge in [-0.3, -0.25) is 4.79 Å². The number of hydrogen-bond acceptors (Lipinski definition) is 6. The summed E-state index contributed by atoms with van der Waals surface area (Å²) in [6.45, 7) is 0. The van der Waals surface area contributed by atoms with Gasteiger partial charge in [-0.15, -0.1) is 10.2 Å². The number of amides is 1. The van der Waals surface area contributed by atoms with Crippen LogP contribution in [0.2, 0.25) is 0 Å². The maximum atomic E-state index is 13.2. The third-order valence-corrected chi connectivity index (χ3v) is 8.82. The van der Waals surface area contributed by atoms with E-state index in [0.717, 1.165) is 37.1 Å². The molecule has 0 radical (unpaired) electrons. The van der Waals surface area contributed by atoms with Crippen molar-refractivity contribution < 1.29 is 13.2 Å². The Bertz CT molecular complexity index is 985. The molecule has 2 aromatic rings. The topological polar surface area (TPSA) is 85.2 Å². The highest BCUT2D eigenvalue weighted by molar-refractivity contribution is 7.99. The molecule has 1 amide bonds. The second-order valence-electron chi connectivity index (χ2n) is 8.21. The lowest BCUT2D eigenvalue weighted by molar-refractivity contribution is -0.132. The average molecular weight is 449 g/mol. The molecular formula is C21H28N4O3S2. The smallest absolute Gasteiger partial charge is 0.233 e. The third-order valence-electron chi connectivity index (χ3n) is 6.06. The molecule has 9 heteroatoms. The van der Waals surface area contributed by atoms with Gasteiger partial charge in [0.1, 0.15) is 5.82 Å². The fraction of sp³-hybridized carbons (Fsp3) is 0.571. The molecule has 1 aromatic heterocycles. The molecule has 7 nitrogen and oxygen atoms in total. The second-order valence-corrected chi connectivity index (χ2v) is 11.4. The van der Waals surface area contributed by atoms with Gasteiger partial charge in [0.2, 0.25) is 5.91 Å². The number of aromatic nitrogens is 3. The average Bonchev–Trinajstić information content (AvgIpc) is 3.44. The molecule has 4 rings (SSSR count). The summed E-state index contributed by atoms with van der Waals surface area (Å²) < 4.78 is 25.9. The second kappa shape index (κ2) is 9.09. The summed E-state index contributed by atoms with van der Waals surface area (Å²) in [4.78, 5) is 15.1. The number of sulfone groups is 1. The van der Waals surface area contributed by atoms with Crippen molar-refractivity contribution >= 4 is 27.5 Å². The minimum absolute atomic E-state index is 0.0154. The number of benzene rings is 1. The predicted molar refractivity (Wildman–Crippen MR) is 117 cm³/mol. The van der Waals surface area contributed by atoms with Crippen molar-refractivity contribution in [1.29, 1.82) is 0 Å². The van der Waals surface area contributed by atoms with E-state index in [1.807, 2.05) is 34.7 Å². The minimum Gasteiger partial charge on any atom is -0.335 e. The first-order valence-corrected chi connectivity index (χ1v) is 13.3. The number of carbonyl (C=O) groups excluding carboxylic acids is 1. The van der Waals surface area contributed by atoms with Gasteiger partial charge in [-0.2, -0.15) is 0 Å². The van der Waals surface area contributed by atoms with Crippen molar-refractivity contribution in [2.75, 3.05) is 17.3 Å². The molecule has 2 heterocycles. The van der Waals surface area contributed by atoms with Gasteiger partial charge in [-0.1, -0.05) is 54.9 Å². The van der Waals surface area contributed by atoms with Crippen LogP contribution in [0.25, 0.3) is 0 Å². The van der Waals surface area contributed by atoms with Gasteiger partial charge in [-0.25, -0.2) is 8.42 Å². The fourth-order valence-corrected chi connectivity index (χ4v) is 7.00. The van der Waals surface area contributed by atoms with Gasteiger partial charge < -0.3 is 9.47 Å². The number of carbonyl (C=O) groups is 1. The zero-order valence-electron chi connectivity index (χ0n) is 17.2. The summed E-state index contributed by atoms with van der Waals surface area (Å²) in [6, 6.07) is 10.1. The van der Waals surface area contributed by atoms with Crippen molar-refractivity contribution in [2.45, 2.75) is 55.8 Å². The maximum Gasteiger partial charge on any atom is 0.233 e. The molecular weight excluding hydrogens is 420 g/mol. The Morgan fingerprint density at radius 3 is 2.53 bits per heavy atom. The lowest BCUT2D eigenvalue weighted by Crippen LogP contribution is -2.47. The first-order valence-electron chi connectivity index (χ1n) is 10.5. The molecule has 0 spiro atoms. The quantitative estimate of drug-likeness (QED) is 0.605. The number of nitrogens with zero attached hydrogens (tertiary/aromatic N) is 4. The van der Waals surface area contributed by atoms with Crippen LogP contribution in [0.5, 0.6) is 0 Å². The Kier molecular flexibility index (Phi) is 6.48. The van der Waals surface area contributed by atoms with Crippen LogP contribution in [0.3, 0.4) is 0 Å². The molecule has 30 heavy (non-hydrogen) atoms. The molecule has 1 atom stereocenters. The monoisotopic (exact) mass is 448 g/mol. The predicted octanol–water partition coefficient (Wildman–Crippen LogP) is 2.46. The number of thioether (sulfide) groups is 1. The molecule has 1 aliphatic carbocycles. The van der Waals surface area contributed by atoms with E-state index in [1.165, 1.54) is 11.8 Å². The van der Waals surface area contributed by atoms with Crippen LogP contribution in [-0.2, 0) is 28.1 Å². The van der Waals surface area contributed by atoms with Crippen LogP contribution in [0.15, 0.2) is 35.5 Å². The van der Waals surface area contributed by atoms with Crippen LogP contribution in [0.4, 0.5) is 0 Å². The van der Waals surface area contributed by atoms with Crippen LogP contribution in [-0.4, -0.2) is 63.3 Å². The highest BCUT2D eigenvalue weighted by Crippen LogP contribution is 2.30. The van der Waals surface area contributed by atoms with E-state index in [2.05, 4.69) is 22.3 Å². The highest BCUT2D eigenvalue weighted by atomic mass is 32.2. The molecule has 162 valence electrons. The molecule has 0 bridgehead atoms. The Balaban J connectivity index is 1.42. The van der Waals surface area contributed by atoms with Crippen molar-refractivity contribution in [3.8, 4) is 0 Å². The number of rotatable bonds is 7. The molecule has 1 saturated carbocycles. The van der Waals surface area contributed by atoms with Gasteiger partial charge in [0.25, 0.3) is 0 Å². The zero-order chi connectivity index (χ0) is 21.1. The zero-order valence-corrected chi connectivity index (χ0v) is 18.9. The first kappa shape index (κ1) is 21.4. The van der Waals surface area contributed by atoms with E-state index < -0.39 is 9.84 Å². The summed E-state index contributed by atoms with van der Waals surface area (Å²) in [5.41, 5.74) is 1.16. The molecule has 2 aliphatic rings. The Morgan fingerprint density at radius 1 is 1.13 bits per heavy atom. The van der Waals surface area contributed by atoms with Crippen molar-refractivity contribution in [2.24, 2.45) is 7.05 Å². The Hall–Kier alpha value is -1.87. The van der Waals surface area contributed by atoms with Crippen LogP contribution < -0.4 is 0 Å². The largest absolute Gasteiger partial charge is 0.335 e. The van der Waals surface area contributed by atoms with Gasteiger partial charge in [0.15, 0.2) is 15.0 Å². The highest BCUT2D eigenvalue weighted by Gasteiger charge is 2.38. The van der Waals surface area contributed by atoms with E-state index in [1.54, 1.807) is 0 Å². The van der Waals surface area contributed by atoms with E-state index in [-0.39, 0.29) is 35.2 Å². The lowest BCUT2D eigenvalue weighted by atomic mass is 10.1. The summed E-state index contributed by atoms with van der Waals surface area (Å²) in [5, 5.41) is 9.27. The molecule has 1 aromatic carbocycles. The summed E-state index contributed by atoms with van der Waals surface area (Å²) >= 11 is 1.38.